The summed E-state index contributed by atoms with van der Waals surface area (Å²) in [6, 6.07) is 21.0. The summed E-state index contributed by atoms with van der Waals surface area (Å²) in [7, 11) is -0.958. The van der Waals surface area contributed by atoms with Crippen molar-refractivity contribution in [3.8, 4) is 0 Å². The van der Waals surface area contributed by atoms with E-state index >= 15 is 0 Å². The van der Waals surface area contributed by atoms with Gasteiger partial charge in [-0.2, -0.15) is 0 Å². The van der Waals surface area contributed by atoms with Gasteiger partial charge in [-0.05, 0) is 19.3 Å². The SMILES string of the molecule is CC(C)(OP(c1ccccc1)c1ccccc1)C1=N[C@H](C(C)(C)C)CO1. The number of benzene rings is 2. The van der Waals surface area contributed by atoms with Crippen molar-refractivity contribution >= 4 is 24.7 Å². The van der Waals surface area contributed by atoms with Gasteiger partial charge in [0.2, 0.25) is 5.90 Å². The van der Waals surface area contributed by atoms with Gasteiger partial charge in [-0.1, -0.05) is 81.4 Å². The quantitative estimate of drug-likeness (QED) is 0.717. The van der Waals surface area contributed by atoms with E-state index in [0.29, 0.717) is 12.5 Å². The lowest BCUT2D eigenvalue weighted by Gasteiger charge is -2.30. The molecule has 0 unspecified atom stereocenters. The molecular weight excluding hydrogens is 341 g/mol. The highest BCUT2D eigenvalue weighted by Gasteiger charge is 2.39. The van der Waals surface area contributed by atoms with Crippen LogP contribution in [0.2, 0.25) is 0 Å². The number of aliphatic imine (C=N–C) groups is 1. The lowest BCUT2D eigenvalue weighted by molar-refractivity contribution is 0.160. The Morgan fingerprint density at radius 1 is 0.885 bits per heavy atom. The van der Waals surface area contributed by atoms with E-state index in [2.05, 4.69) is 83.1 Å². The summed E-state index contributed by atoms with van der Waals surface area (Å²) in [6.45, 7) is 11.3. The van der Waals surface area contributed by atoms with Crippen molar-refractivity contribution in [2.24, 2.45) is 10.4 Å². The fraction of sp³-hybridized carbons (Fsp3) is 0.409. The van der Waals surface area contributed by atoms with Crippen LogP contribution in [0.15, 0.2) is 65.7 Å². The molecule has 0 N–H and O–H groups in total. The molecule has 2 aromatic carbocycles. The molecular formula is C22H28NO2P. The molecule has 0 saturated carbocycles. The average Bonchev–Trinajstić information content (AvgIpc) is 3.13. The predicted molar refractivity (Wildman–Crippen MR) is 111 cm³/mol. The standard InChI is InChI=1S/C22H28NO2P/c1-21(2,3)19-16-24-20(23-19)22(4,5)25-26(17-12-8-6-9-13-17)18-14-10-7-11-15-18/h6-15,19H,16H2,1-5H3/t19-/m0/s1. The lowest BCUT2D eigenvalue weighted by Crippen LogP contribution is -2.36. The second-order valence-corrected chi connectivity index (χ2v) is 10.00. The van der Waals surface area contributed by atoms with Crippen LogP contribution >= 0.6 is 8.15 Å². The Morgan fingerprint density at radius 2 is 1.38 bits per heavy atom. The van der Waals surface area contributed by atoms with E-state index in [0.717, 1.165) is 0 Å². The van der Waals surface area contributed by atoms with Gasteiger partial charge in [0.05, 0.1) is 14.2 Å². The maximum Gasteiger partial charge on any atom is 0.216 e. The highest BCUT2D eigenvalue weighted by molar-refractivity contribution is 7.68. The van der Waals surface area contributed by atoms with E-state index in [1.165, 1.54) is 10.6 Å². The molecule has 138 valence electrons. The number of hydrogen-bond acceptors (Lipinski definition) is 3. The van der Waals surface area contributed by atoms with Gasteiger partial charge in [0, 0.05) is 10.6 Å². The highest BCUT2D eigenvalue weighted by atomic mass is 31.1. The van der Waals surface area contributed by atoms with Gasteiger partial charge in [0.15, 0.2) is 0 Å². The second kappa shape index (κ2) is 7.50. The third-order valence-electron chi connectivity index (χ3n) is 4.47. The molecule has 1 aliphatic rings. The zero-order valence-electron chi connectivity index (χ0n) is 16.3. The van der Waals surface area contributed by atoms with Crippen molar-refractivity contribution in [3.05, 3.63) is 60.7 Å². The molecule has 0 fully saturated rings. The first kappa shape index (κ1) is 19.1. The molecule has 0 amide bonds. The Kier molecular flexibility index (Phi) is 5.50. The summed E-state index contributed by atoms with van der Waals surface area (Å²) in [4.78, 5) is 4.85. The Hall–Kier alpha value is -1.70. The summed E-state index contributed by atoms with van der Waals surface area (Å²) in [6.07, 6.45) is 0. The summed E-state index contributed by atoms with van der Waals surface area (Å²) in [5.74, 6) is 0.705. The summed E-state index contributed by atoms with van der Waals surface area (Å²) >= 11 is 0. The first-order chi connectivity index (χ1) is 12.3. The third kappa shape index (κ3) is 4.34. The molecule has 1 heterocycles. The van der Waals surface area contributed by atoms with E-state index in [4.69, 9.17) is 14.3 Å². The minimum Gasteiger partial charge on any atom is -0.477 e. The van der Waals surface area contributed by atoms with Gasteiger partial charge in [0.1, 0.15) is 12.2 Å². The number of hydrogen-bond donors (Lipinski definition) is 0. The fourth-order valence-corrected chi connectivity index (χ4v) is 4.72. The number of rotatable bonds is 5. The van der Waals surface area contributed by atoms with Crippen molar-refractivity contribution in [1.82, 2.24) is 0 Å². The largest absolute Gasteiger partial charge is 0.477 e. The summed E-state index contributed by atoms with van der Waals surface area (Å²) in [5.41, 5.74) is -0.501. The van der Waals surface area contributed by atoms with Crippen molar-refractivity contribution in [3.63, 3.8) is 0 Å². The monoisotopic (exact) mass is 369 g/mol. The molecule has 3 nitrogen and oxygen atoms in total. The van der Waals surface area contributed by atoms with E-state index in [1.807, 2.05) is 12.1 Å². The fourth-order valence-electron chi connectivity index (χ4n) is 2.80. The maximum absolute atomic E-state index is 6.66. The van der Waals surface area contributed by atoms with E-state index < -0.39 is 13.7 Å². The summed E-state index contributed by atoms with van der Waals surface area (Å²) in [5, 5.41) is 2.38. The Balaban J connectivity index is 1.89. The van der Waals surface area contributed by atoms with Crippen molar-refractivity contribution in [2.45, 2.75) is 46.3 Å². The lowest BCUT2D eigenvalue weighted by atomic mass is 9.88. The van der Waals surface area contributed by atoms with Gasteiger partial charge >= 0.3 is 0 Å². The van der Waals surface area contributed by atoms with Crippen LogP contribution in [0.1, 0.15) is 34.6 Å². The molecule has 0 bridgehead atoms. The molecule has 3 rings (SSSR count). The minimum atomic E-state index is -0.958. The minimum absolute atomic E-state index is 0.0847. The molecule has 26 heavy (non-hydrogen) atoms. The topological polar surface area (TPSA) is 30.8 Å². The van der Waals surface area contributed by atoms with Crippen LogP contribution in [-0.4, -0.2) is 24.1 Å². The van der Waals surface area contributed by atoms with Gasteiger partial charge in [0.25, 0.3) is 0 Å². The third-order valence-corrected chi connectivity index (χ3v) is 6.64. The molecule has 0 radical (unpaired) electrons. The Labute approximate surface area is 158 Å². The smallest absolute Gasteiger partial charge is 0.216 e. The van der Waals surface area contributed by atoms with Gasteiger partial charge in [-0.25, -0.2) is 4.99 Å². The zero-order valence-corrected chi connectivity index (χ0v) is 17.2. The molecule has 1 aliphatic heterocycles. The molecule has 0 aromatic heterocycles. The first-order valence-corrected chi connectivity index (χ1v) is 10.3. The van der Waals surface area contributed by atoms with Crippen LogP contribution in [0.4, 0.5) is 0 Å². The zero-order chi connectivity index (χ0) is 18.8. The number of ether oxygens (including phenoxy) is 1. The molecule has 0 spiro atoms. The molecule has 0 saturated heterocycles. The number of nitrogens with zero attached hydrogens (tertiary/aromatic N) is 1. The highest BCUT2D eigenvalue weighted by Crippen LogP contribution is 2.41. The molecule has 4 heteroatoms. The predicted octanol–water partition coefficient (Wildman–Crippen LogP) is 4.67. The van der Waals surface area contributed by atoms with Crippen LogP contribution in [0.25, 0.3) is 0 Å². The van der Waals surface area contributed by atoms with Gasteiger partial charge < -0.3 is 9.26 Å². The van der Waals surface area contributed by atoms with Crippen LogP contribution in [0.5, 0.6) is 0 Å². The van der Waals surface area contributed by atoms with Crippen molar-refractivity contribution in [2.75, 3.05) is 6.61 Å². The Bertz CT molecular complexity index is 711. The summed E-state index contributed by atoms with van der Waals surface area (Å²) < 4.78 is 12.6. The average molecular weight is 369 g/mol. The maximum atomic E-state index is 6.66. The van der Waals surface area contributed by atoms with Crippen LogP contribution < -0.4 is 10.6 Å². The van der Waals surface area contributed by atoms with Crippen LogP contribution in [0.3, 0.4) is 0 Å². The van der Waals surface area contributed by atoms with Crippen LogP contribution in [-0.2, 0) is 9.26 Å². The van der Waals surface area contributed by atoms with Gasteiger partial charge in [-0.15, -0.1) is 0 Å². The van der Waals surface area contributed by atoms with Gasteiger partial charge in [-0.3, -0.25) is 0 Å². The molecule has 1 atom stereocenters. The Morgan fingerprint density at radius 3 is 1.81 bits per heavy atom. The second-order valence-electron chi connectivity index (χ2n) is 8.19. The van der Waals surface area contributed by atoms with Crippen LogP contribution in [0, 0.1) is 5.41 Å². The normalized spacial score (nSPS) is 17.9. The molecule has 0 aliphatic carbocycles. The van der Waals surface area contributed by atoms with E-state index in [9.17, 15) is 0 Å². The van der Waals surface area contributed by atoms with E-state index in [1.54, 1.807) is 0 Å². The van der Waals surface area contributed by atoms with Crippen molar-refractivity contribution < 1.29 is 9.26 Å². The van der Waals surface area contributed by atoms with E-state index in [-0.39, 0.29) is 11.5 Å². The first-order valence-electron chi connectivity index (χ1n) is 9.08. The molecule has 2 aromatic rings. The van der Waals surface area contributed by atoms with Crippen molar-refractivity contribution in [1.29, 1.82) is 0 Å².